The van der Waals surface area contributed by atoms with Gasteiger partial charge in [0.15, 0.2) is 0 Å². The Morgan fingerprint density at radius 3 is 2.84 bits per heavy atom. The summed E-state index contributed by atoms with van der Waals surface area (Å²) >= 11 is 3.10. The minimum Gasteiger partial charge on any atom is -0.486 e. The highest BCUT2D eigenvalue weighted by molar-refractivity contribution is 9.10. The SMILES string of the molecule is CNCc1cc(COc2ccc(Br)c(F)c2)oc1C. The van der Waals surface area contributed by atoms with Crippen LogP contribution in [0.5, 0.6) is 5.75 Å². The highest BCUT2D eigenvalue weighted by Gasteiger charge is 2.08. The van der Waals surface area contributed by atoms with Gasteiger partial charge in [-0.15, -0.1) is 0 Å². The number of benzene rings is 1. The molecule has 1 aromatic heterocycles. The van der Waals surface area contributed by atoms with Gasteiger partial charge in [0.1, 0.15) is 29.7 Å². The molecule has 0 amide bonds. The molecule has 2 rings (SSSR count). The lowest BCUT2D eigenvalue weighted by atomic mass is 10.2. The monoisotopic (exact) mass is 327 g/mol. The molecule has 0 saturated heterocycles. The second kappa shape index (κ2) is 6.21. The normalized spacial score (nSPS) is 10.7. The van der Waals surface area contributed by atoms with E-state index >= 15 is 0 Å². The molecular weight excluding hydrogens is 313 g/mol. The van der Waals surface area contributed by atoms with Crippen LogP contribution in [0.25, 0.3) is 0 Å². The lowest BCUT2D eigenvalue weighted by molar-refractivity contribution is 0.266. The molecule has 0 spiro atoms. The molecule has 1 heterocycles. The lowest BCUT2D eigenvalue weighted by Gasteiger charge is -2.04. The molecule has 1 aromatic carbocycles. The van der Waals surface area contributed by atoms with Gasteiger partial charge < -0.3 is 14.5 Å². The molecule has 0 atom stereocenters. The van der Waals surface area contributed by atoms with Crippen molar-refractivity contribution in [2.45, 2.75) is 20.1 Å². The molecule has 2 aromatic rings. The molecule has 102 valence electrons. The number of aryl methyl sites for hydroxylation is 1. The third kappa shape index (κ3) is 3.58. The van der Waals surface area contributed by atoms with E-state index in [1.54, 1.807) is 12.1 Å². The zero-order valence-electron chi connectivity index (χ0n) is 10.8. The van der Waals surface area contributed by atoms with Crippen molar-refractivity contribution in [3.8, 4) is 5.75 Å². The van der Waals surface area contributed by atoms with Crippen molar-refractivity contribution in [1.82, 2.24) is 5.32 Å². The van der Waals surface area contributed by atoms with Gasteiger partial charge in [-0.3, -0.25) is 0 Å². The van der Waals surface area contributed by atoms with Gasteiger partial charge in [-0.1, -0.05) is 0 Å². The predicted octanol–water partition coefficient (Wildman–Crippen LogP) is 3.79. The van der Waals surface area contributed by atoms with Gasteiger partial charge in [-0.25, -0.2) is 4.39 Å². The van der Waals surface area contributed by atoms with Gasteiger partial charge in [0.05, 0.1) is 4.47 Å². The summed E-state index contributed by atoms with van der Waals surface area (Å²) in [4.78, 5) is 0. The Morgan fingerprint density at radius 1 is 1.37 bits per heavy atom. The summed E-state index contributed by atoms with van der Waals surface area (Å²) in [6.07, 6.45) is 0. The van der Waals surface area contributed by atoms with Crippen molar-refractivity contribution in [2.24, 2.45) is 0 Å². The van der Waals surface area contributed by atoms with Crippen LogP contribution < -0.4 is 10.1 Å². The highest BCUT2D eigenvalue weighted by atomic mass is 79.9. The van der Waals surface area contributed by atoms with E-state index in [1.165, 1.54) is 6.07 Å². The fourth-order valence-corrected chi connectivity index (χ4v) is 1.99. The van der Waals surface area contributed by atoms with Crippen LogP contribution in [0.4, 0.5) is 4.39 Å². The van der Waals surface area contributed by atoms with Crippen LogP contribution >= 0.6 is 15.9 Å². The van der Waals surface area contributed by atoms with Crippen LogP contribution in [0.15, 0.2) is 33.2 Å². The van der Waals surface area contributed by atoms with E-state index < -0.39 is 0 Å². The van der Waals surface area contributed by atoms with Crippen molar-refractivity contribution in [1.29, 1.82) is 0 Å². The zero-order valence-corrected chi connectivity index (χ0v) is 12.4. The second-order valence-corrected chi connectivity index (χ2v) is 5.04. The molecule has 0 saturated carbocycles. The van der Waals surface area contributed by atoms with E-state index in [0.29, 0.717) is 10.2 Å². The maximum Gasteiger partial charge on any atom is 0.146 e. The van der Waals surface area contributed by atoms with Crippen LogP contribution in [0, 0.1) is 12.7 Å². The summed E-state index contributed by atoms with van der Waals surface area (Å²) < 4.78 is 24.8. The van der Waals surface area contributed by atoms with E-state index in [-0.39, 0.29) is 12.4 Å². The van der Waals surface area contributed by atoms with E-state index in [0.717, 1.165) is 23.6 Å². The molecule has 0 aliphatic rings. The van der Waals surface area contributed by atoms with Gasteiger partial charge in [-0.2, -0.15) is 0 Å². The Hall–Kier alpha value is -1.33. The van der Waals surface area contributed by atoms with Crippen LogP contribution in [-0.2, 0) is 13.2 Å². The van der Waals surface area contributed by atoms with Crippen molar-refractivity contribution >= 4 is 15.9 Å². The third-order valence-electron chi connectivity index (χ3n) is 2.71. The standard InChI is InChI=1S/C14H15BrFNO2/c1-9-10(7-17-2)5-12(19-9)8-18-11-3-4-13(15)14(16)6-11/h3-6,17H,7-8H2,1-2H3. The topological polar surface area (TPSA) is 34.4 Å². The molecule has 0 radical (unpaired) electrons. The Kier molecular flexibility index (Phi) is 4.61. The van der Waals surface area contributed by atoms with E-state index in [1.807, 2.05) is 20.0 Å². The molecule has 0 fully saturated rings. The first-order chi connectivity index (χ1) is 9.10. The van der Waals surface area contributed by atoms with Crippen LogP contribution in [0.1, 0.15) is 17.1 Å². The minimum absolute atomic E-state index is 0.283. The van der Waals surface area contributed by atoms with Gasteiger partial charge in [0, 0.05) is 18.2 Å². The summed E-state index contributed by atoms with van der Waals surface area (Å²) in [7, 11) is 1.88. The minimum atomic E-state index is -0.344. The van der Waals surface area contributed by atoms with E-state index in [4.69, 9.17) is 9.15 Å². The number of hydrogen-bond donors (Lipinski definition) is 1. The first-order valence-corrected chi connectivity index (χ1v) is 6.70. The fourth-order valence-electron chi connectivity index (χ4n) is 1.75. The molecule has 0 aliphatic heterocycles. The maximum atomic E-state index is 13.3. The summed E-state index contributed by atoms with van der Waals surface area (Å²) in [5.41, 5.74) is 1.10. The predicted molar refractivity (Wildman–Crippen MR) is 74.6 cm³/mol. The molecular formula is C14H15BrFNO2. The van der Waals surface area contributed by atoms with Crippen molar-refractivity contribution < 1.29 is 13.5 Å². The number of ether oxygens (including phenoxy) is 1. The van der Waals surface area contributed by atoms with E-state index in [2.05, 4.69) is 21.2 Å². The molecule has 0 unspecified atom stereocenters. The summed E-state index contributed by atoms with van der Waals surface area (Å²) in [6.45, 7) is 2.95. The summed E-state index contributed by atoms with van der Waals surface area (Å²) in [6, 6.07) is 6.61. The molecule has 3 nitrogen and oxygen atoms in total. The Labute approximate surface area is 119 Å². The fraction of sp³-hybridized carbons (Fsp3) is 0.286. The van der Waals surface area contributed by atoms with Crippen molar-refractivity contribution in [3.63, 3.8) is 0 Å². The second-order valence-electron chi connectivity index (χ2n) is 4.19. The number of halogens is 2. The number of rotatable bonds is 5. The molecule has 0 aliphatic carbocycles. The number of hydrogen-bond acceptors (Lipinski definition) is 3. The molecule has 0 bridgehead atoms. The van der Waals surface area contributed by atoms with Crippen LogP contribution in [0.2, 0.25) is 0 Å². The van der Waals surface area contributed by atoms with Crippen molar-refractivity contribution in [3.05, 3.63) is 51.6 Å². The Morgan fingerprint density at radius 2 is 2.16 bits per heavy atom. The summed E-state index contributed by atoms with van der Waals surface area (Å²) in [5, 5.41) is 3.07. The molecule has 5 heteroatoms. The lowest BCUT2D eigenvalue weighted by Crippen LogP contribution is -2.04. The average molecular weight is 328 g/mol. The maximum absolute atomic E-state index is 13.3. The highest BCUT2D eigenvalue weighted by Crippen LogP contribution is 2.22. The van der Waals surface area contributed by atoms with E-state index in [9.17, 15) is 4.39 Å². The number of nitrogens with one attached hydrogen (secondary N) is 1. The quantitative estimate of drug-likeness (QED) is 0.907. The van der Waals surface area contributed by atoms with Crippen LogP contribution in [0.3, 0.4) is 0 Å². The Bertz CT molecular complexity index is 569. The third-order valence-corrected chi connectivity index (χ3v) is 3.35. The number of furan rings is 1. The average Bonchev–Trinajstić information content (AvgIpc) is 2.72. The van der Waals surface area contributed by atoms with Gasteiger partial charge >= 0.3 is 0 Å². The first kappa shape index (κ1) is 14.1. The smallest absolute Gasteiger partial charge is 0.146 e. The van der Waals surface area contributed by atoms with Gasteiger partial charge in [-0.05, 0) is 48.1 Å². The van der Waals surface area contributed by atoms with Crippen LogP contribution in [-0.4, -0.2) is 7.05 Å². The van der Waals surface area contributed by atoms with Crippen molar-refractivity contribution in [2.75, 3.05) is 7.05 Å². The first-order valence-electron chi connectivity index (χ1n) is 5.91. The molecule has 19 heavy (non-hydrogen) atoms. The Balaban J connectivity index is 2.01. The zero-order chi connectivity index (χ0) is 13.8. The summed E-state index contributed by atoms with van der Waals surface area (Å²) in [5.74, 6) is 1.73. The van der Waals surface area contributed by atoms with Gasteiger partial charge in [0.25, 0.3) is 0 Å². The van der Waals surface area contributed by atoms with Gasteiger partial charge in [0.2, 0.25) is 0 Å². The largest absolute Gasteiger partial charge is 0.486 e. The molecule has 1 N–H and O–H groups in total.